The fraction of sp³-hybridized carbons (Fsp3) is 0.611. The Bertz CT molecular complexity index is 677. The molecule has 0 saturated carbocycles. The highest BCUT2D eigenvalue weighted by Gasteiger charge is 2.37. The summed E-state index contributed by atoms with van der Waals surface area (Å²) in [6.07, 6.45) is -10.4. The molecule has 1 saturated heterocycles. The number of piperazine rings is 1. The molecule has 0 aromatic heterocycles. The number of amides is 1. The summed E-state index contributed by atoms with van der Waals surface area (Å²) in [5, 5.41) is 3.02. The summed E-state index contributed by atoms with van der Waals surface area (Å²) < 4.78 is 83.2. The maximum atomic E-state index is 13.0. The van der Waals surface area contributed by atoms with Crippen LogP contribution in [0.5, 0.6) is 0 Å². The van der Waals surface area contributed by atoms with E-state index >= 15 is 0 Å². The van der Waals surface area contributed by atoms with E-state index in [4.69, 9.17) is 4.74 Å². The maximum Gasteiger partial charge on any atom is 0.416 e. The highest BCUT2D eigenvalue weighted by atomic mass is 19.4. The van der Waals surface area contributed by atoms with Gasteiger partial charge < -0.3 is 15.0 Å². The second-order valence-electron chi connectivity index (χ2n) is 7.70. The van der Waals surface area contributed by atoms with Gasteiger partial charge in [-0.25, -0.2) is 4.79 Å². The lowest BCUT2D eigenvalue weighted by Crippen LogP contribution is -2.54. The number of halogens is 6. The first-order chi connectivity index (χ1) is 12.6. The molecule has 0 spiro atoms. The molecule has 1 amide bonds. The van der Waals surface area contributed by atoms with Gasteiger partial charge in [0.25, 0.3) is 0 Å². The van der Waals surface area contributed by atoms with Gasteiger partial charge in [0.15, 0.2) is 0 Å². The molecule has 0 radical (unpaired) electrons. The number of alkyl halides is 6. The van der Waals surface area contributed by atoms with Crippen LogP contribution in [-0.4, -0.2) is 42.3 Å². The first-order valence-corrected chi connectivity index (χ1v) is 8.65. The normalized spacial score (nSPS) is 18.9. The van der Waals surface area contributed by atoms with Gasteiger partial charge in [0.2, 0.25) is 0 Å². The third kappa shape index (κ3) is 6.29. The molecule has 4 nitrogen and oxygen atoms in total. The molecule has 28 heavy (non-hydrogen) atoms. The van der Waals surface area contributed by atoms with Crippen LogP contribution in [0.15, 0.2) is 18.2 Å². The van der Waals surface area contributed by atoms with Gasteiger partial charge in [-0.1, -0.05) is 0 Å². The predicted octanol–water partition coefficient (Wildman–Crippen LogP) is 4.48. The topological polar surface area (TPSA) is 41.6 Å². The number of carbonyl (C=O) groups excluding carboxylic acids is 1. The van der Waals surface area contributed by atoms with Crippen molar-refractivity contribution in [2.75, 3.05) is 19.6 Å². The van der Waals surface area contributed by atoms with Crippen molar-refractivity contribution in [3.8, 4) is 0 Å². The Morgan fingerprint density at radius 1 is 1.07 bits per heavy atom. The van der Waals surface area contributed by atoms with Crippen LogP contribution >= 0.6 is 0 Å². The predicted molar refractivity (Wildman–Crippen MR) is 89.7 cm³/mol. The van der Waals surface area contributed by atoms with Gasteiger partial charge >= 0.3 is 18.4 Å². The molecule has 1 N–H and O–H groups in total. The van der Waals surface area contributed by atoms with Gasteiger partial charge in [0.05, 0.1) is 11.1 Å². The van der Waals surface area contributed by atoms with Crippen molar-refractivity contribution in [2.45, 2.75) is 51.2 Å². The minimum atomic E-state index is -4.89. The number of nitrogens with one attached hydrogen (secondary N) is 1. The van der Waals surface area contributed by atoms with E-state index in [1.807, 2.05) is 0 Å². The molecular formula is C18H22F6N2O2. The minimum absolute atomic E-state index is 0.0910. The van der Waals surface area contributed by atoms with Crippen LogP contribution in [0.1, 0.15) is 37.5 Å². The van der Waals surface area contributed by atoms with Gasteiger partial charge in [-0.15, -0.1) is 0 Å². The van der Waals surface area contributed by atoms with E-state index in [1.54, 1.807) is 20.8 Å². The molecule has 10 heteroatoms. The monoisotopic (exact) mass is 412 g/mol. The highest BCUT2D eigenvalue weighted by molar-refractivity contribution is 5.68. The molecule has 0 aliphatic carbocycles. The van der Waals surface area contributed by atoms with E-state index in [0.29, 0.717) is 25.2 Å². The standard InChI is InChI=1S/C18H22F6N2O2/c1-16(2,3)28-15(27)26-5-4-25-14(10-26)8-11-6-12(17(19,20)21)9-13(7-11)18(22,23)24/h6-7,9,14,25H,4-5,8,10H2,1-3H3/t14-/m0/s1. The molecular weight excluding hydrogens is 390 g/mol. The first kappa shape index (κ1) is 22.3. The van der Waals surface area contributed by atoms with Crippen molar-refractivity contribution in [3.05, 3.63) is 34.9 Å². The molecule has 0 bridgehead atoms. The van der Waals surface area contributed by atoms with E-state index in [9.17, 15) is 31.1 Å². The average molecular weight is 412 g/mol. The minimum Gasteiger partial charge on any atom is -0.444 e. The Morgan fingerprint density at radius 3 is 2.07 bits per heavy atom. The van der Waals surface area contributed by atoms with Crippen LogP contribution in [-0.2, 0) is 23.5 Å². The van der Waals surface area contributed by atoms with Gasteiger partial charge in [0, 0.05) is 25.7 Å². The van der Waals surface area contributed by atoms with E-state index in [2.05, 4.69) is 5.32 Å². The zero-order valence-electron chi connectivity index (χ0n) is 15.7. The lowest BCUT2D eigenvalue weighted by molar-refractivity contribution is -0.143. The molecule has 1 heterocycles. The molecule has 1 aliphatic heterocycles. The van der Waals surface area contributed by atoms with E-state index in [-0.39, 0.29) is 24.6 Å². The van der Waals surface area contributed by atoms with Crippen molar-refractivity contribution in [2.24, 2.45) is 0 Å². The van der Waals surface area contributed by atoms with Gasteiger partial charge in [0.1, 0.15) is 5.60 Å². The van der Waals surface area contributed by atoms with Crippen molar-refractivity contribution in [1.29, 1.82) is 0 Å². The molecule has 1 aliphatic rings. The van der Waals surface area contributed by atoms with Crippen molar-refractivity contribution < 1.29 is 35.9 Å². The van der Waals surface area contributed by atoms with E-state index in [1.165, 1.54) is 4.90 Å². The number of rotatable bonds is 2. The molecule has 158 valence electrons. The van der Waals surface area contributed by atoms with Gasteiger partial charge in [-0.3, -0.25) is 0 Å². The number of hydrogen-bond acceptors (Lipinski definition) is 3. The van der Waals surface area contributed by atoms with Crippen molar-refractivity contribution in [1.82, 2.24) is 10.2 Å². The quantitative estimate of drug-likeness (QED) is 0.729. The van der Waals surface area contributed by atoms with Crippen LogP contribution in [0.4, 0.5) is 31.1 Å². The lowest BCUT2D eigenvalue weighted by atomic mass is 9.98. The van der Waals surface area contributed by atoms with Crippen LogP contribution in [0.3, 0.4) is 0 Å². The third-order valence-corrected chi connectivity index (χ3v) is 4.04. The SMILES string of the molecule is CC(C)(C)OC(=O)N1CCN[C@@H](Cc2cc(C(F)(F)F)cc(C(F)(F)F)c2)C1. The first-order valence-electron chi connectivity index (χ1n) is 8.65. The summed E-state index contributed by atoms with van der Waals surface area (Å²) in [7, 11) is 0. The highest BCUT2D eigenvalue weighted by Crippen LogP contribution is 2.36. The molecule has 1 atom stereocenters. The van der Waals surface area contributed by atoms with Crippen LogP contribution in [0.25, 0.3) is 0 Å². The number of benzene rings is 1. The second kappa shape index (κ2) is 7.81. The van der Waals surface area contributed by atoms with Crippen LogP contribution in [0.2, 0.25) is 0 Å². The number of hydrogen-bond donors (Lipinski definition) is 1. The summed E-state index contributed by atoms with van der Waals surface area (Å²) in [5.41, 5.74) is -3.51. The Kier molecular flexibility index (Phi) is 6.22. The molecule has 1 aromatic carbocycles. The second-order valence-corrected chi connectivity index (χ2v) is 7.70. The number of nitrogens with zero attached hydrogens (tertiary/aromatic N) is 1. The average Bonchev–Trinajstić information content (AvgIpc) is 2.51. The summed E-state index contributed by atoms with van der Waals surface area (Å²) in [6, 6.07) is 1.03. The van der Waals surface area contributed by atoms with E-state index < -0.39 is 41.2 Å². The summed E-state index contributed by atoms with van der Waals surface area (Å²) in [5.74, 6) is 0. The Morgan fingerprint density at radius 2 is 1.61 bits per heavy atom. The molecule has 1 fully saturated rings. The van der Waals surface area contributed by atoms with E-state index in [0.717, 1.165) is 0 Å². The molecule has 0 unspecified atom stereocenters. The van der Waals surface area contributed by atoms with Crippen LogP contribution < -0.4 is 5.32 Å². The van der Waals surface area contributed by atoms with Crippen LogP contribution in [0, 0.1) is 0 Å². The maximum absolute atomic E-state index is 13.0. The summed E-state index contributed by atoms with van der Waals surface area (Å²) in [6.45, 7) is 5.91. The Hall–Kier alpha value is -1.97. The fourth-order valence-corrected chi connectivity index (χ4v) is 2.88. The fourth-order valence-electron chi connectivity index (χ4n) is 2.88. The zero-order chi connectivity index (χ0) is 21.3. The number of ether oxygens (including phenoxy) is 1. The molecule has 1 aromatic rings. The Labute approximate surface area is 158 Å². The van der Waals surface area contributed by atoms with Crippen molar-refractivity contribution in [3.63, 3.8) is 0 Å². The Balaban J connectivity index is 2.19. The summed E-state index contributed by atoms with van der Waals surface area (Å²) >= 11 is 0. The third-order valence-electron chi connectivity index (χ3n) is 4.04. The lowest BCUT2D eigenvalue weighted by Gasteiger charge is -2.35. The largest absolute Gasteiger partial charge is 0.444 e. The smallest absolute Gasteiger partial charge is 0.416 e. The van der Waals surface area contributed by atoms with Gasteiger partial charge in [-0.05, 0) is 51.0 Å². The van der Waals surface area contributed by atoms with Gasteiger partial charge in [-0.2, -0.15) is 26.3 Å². The van der Waals surface area contributed by atoms with Crippen molar-refractivity contribution >= 4 is 6.09 Å². The number of carbonyl (C=O) groups is 1. The summed E-state index contributed by atoms with van der Waals surface area (Å²) in [4.78, 5) is 13.6. The zero-order valence-corrected chi connectivity index (χ0v) is 15.7. The molecule has 2 rings (SSSR count).